The van der Waals surface area contributed by atoms with Crippen LogP contribution < -0.4 is 10.5 Å². The molecule has 1 atom stereocenters. The van der Waals surface area contributed by atoms with E-state index in [0.717, 1.165) is 11.3 Å². The third-order valence-electron chi connectivity index (χ3n) is 2.71. The predicted octanol–water partition coefficient (Wildman–Crippen LogP) is 2.46. The van der Waals surface area contributed by atoms with Gasteiger partial charge < -0.3 is 10.5 Å². The number of ether oxygens (including phenoxy) is 1. The summed E-state index contributed by atoms with van der Waals surface area (Å²) in [7, 11) is 1.84. The lowest BCUT2D eigenvalue weighted by molar-refractivity contribution is 0.423. The largest absolute Gasteiger partial charge is 0.437 e. The van der Waals surface area contributed by atoms with E-state index in [1.165, 1.54) is 0 Å². The average molecular weight is 281 g/mol. The molecule has 0 saturated heterocycles. The van der Waals surface area contributed by atoms with Crippen molar-refractivity contribution in [2.45, 2.75) is 26.3 Å². The zero-order valence-electron chi connectivity index (χ0n) is 11.2. The smallest absolute Gasteiger partial charge is 0.221 e. The van der Waals surface area contributed by atoms with Crippen LogP contribution in [0.5, 0.6) is 11.6 Å². The number of nitrogens with zero attached hydrogens (tertiary/aromatic N) is 3. The van der Waals surface area contributed by atoms with Crippen molar-refractivity contribution in [3.8, 4) is 11.6 Å². The number of aromatic nitrogens is 3. The van der Waals surface area contributed by atoms with E-state index < -0.39 is 0 Å². The third-order valence-corrected chi connectivity index (χ3v) is 2.92. The first-order valence-corrected chi connectivity index (χ1v) is 6.41. The maximum absolute atomic E-state index is 5.90. The minimum atomic E-state index is 0.0442. The summed E-state index contributed by atoms with van der Waals surface area (Å²) < 4.78 is 7.54. The molecule has 0 fully saturated rings. The highest BCUT2D eigenvalue weighted by atomic mass is 35.5. The summed E-state index contributed by atoms with van der Waals surface area (Å²) in [6.07, 6.45) is 3.89. The van der Waals surface area contributed by atoms with Crippen LogP contribution in [0.1, 0.15) is 18.2 Å². The van der Waals surface area contributed by atoms with E-state index in [1.54, 1.807) is 23.1 Å². The van der Waals surface area contributed by atoms with Crippen molar-refractivity contribution in [2.75, 3.05) is 0 Å². The Kier molecular flexibility index (Phi) is 4.07. The van der Waals surface area contributed by atoms with Crippen LogP contribution >= 0.6 is 11.6 Å². The van der Waals surface area contributed by atoms with Gasteiger partial charge in [-0.25, -0.2) is 4.68 Å². The first kappa shape index (κ1) is 13.8. The summed E-state index contributed by atoms with van der Waals surface area (Å²) in [5, 5.41) is 4.90. The number of aryl methyl sites for hydroxylation is 2. The van der Waals surface area contributed by atoms with Crippen LogP contribution in [0.3, 0.4) is 0 Å². The van der Waals surface area contributed by atoms with Crippen LogP contribution in [0, 0.1) is 6.92 Å². The molecule has 0 saturated carbocycles. The number of pyridine rings is 1. The lowest BCUT2D eigenvalue weighted by Gasteiger charge is -2.10. The fraction of sp³-hybridized carbons (Fsp3) is 0.385. The van der Waals surface area contributed by atoms with Gasteiger partial charge >= 0.3 is 0 Å². The van der Waals surface area contributed by atoms with Crippen LogP contribution in [-0.2, 0) is 13.5 Å². The molecule has 2 aromatic rings. The van der Waals surface area contributed by atoms with E-state index in [9.17, 15) is 0 Å². The Hall–Kier alpha value is -1.59. The molecule has 0 spiro atoms. The molecule has 0 bridgehead atoms. The fourth-order valence-electron chi connectivity index (χ4n) is 1.93. The molecule has 0 aliphatic rings. The molecule has 2 rings (SSSR count). The van der Waals surface area contributed by atoms with E-state index in [0.29, 0.717) is 23.1 Å². The van der Waals surface area contributed by atoms with Gasteiger partial charge in [-0.1, -0.05) is 11.6 Å². The van der Waals surface area contributed by atoms with Crippen molar-refractivity contribution >= 4 is 11.6 Å². The zero-order chi connectivity index (χ0) is 14.0. The van der Waals surface area contributed by atoms with Gasteiger partial charge in [0.1, 0.15) is 5.75 Å². The van der Waals surface area contributed by atoms with Crippen molar-refractivity contribution in [3.05, 3.63) is 34.7 Å². The molecule has 102 valence electrons. The summed E-state index contributed by atoms with van der Waals surface area (Å²) in [6.45, 7) is 3.90. The second-order valence-electron chi connectivity index (χ2n) is 4.62. The molecule has 2 N–H and O–H groups in total. The van der Waals surface area contributed by atoms with Gasteiger partial charge in [0, 0.05) is 30.9 Å². The van der Waals surface area contributed by atoms with Gasteiger partial charge in [-0.2, -0.15) is 5.10 Å². The molecule has 1 unspecified atom stereocenters. The maximum Gasteiger partial charge on any atom is 0.221 e. The molecule has 19 heavy (non-hydrogen) atoms. The third kappa shape index (κ3) is 3.24. The number of hydrogen-bond donors (Lipinski definition) is 1. The van der Waals surface area contributed by atoms with Gasteiger partial charge in [0.25, 0.3) is 0 Å². The molecule has 0 aliphatic carbocycles. The standard InChI is InChI=1S/C13H17ClN4O/c1-8(15)4-12-9(2)17-18(3)13(12)19-11-5-10(14)6-16-7-11/h5-8H,4,15H2,1-3H3. The first-order valence-electron chi connectivity index (χ1n) is 6.04. The second-order valence-corrected chi connectivity index (χ2v) is 5.05. The van der Waals surface area contributed by atoms with Crippen molar-refractivity contribution in [1.82, 2.24) is 14.8 Å². The summed E-state index contributed by atoms with van der Waals surface area (Å²) in [4.78, 5) is 4.00. The van der Waals surface area contributed by atoms with Gasteiger partial charge in [-0.3, -0.25) is 4.98 Å². The second kappa shape index (κ2) is 5.59. The number of halogens is 1. The average Bonchev–Trinajstić information content (AvgIpc) is 2.56. The Bertz CT molecular complexity index is 580. The monoisotopic (exact) mass is 280 g/mol. The summed E-state index contributed by atoms with van der Waals surface area (Å²) in [5.74, 6) is 1.26. The Labute approximate surface area is 117 Å². The highest BCUT2D eigenvalue weighted by Gasteiger charge is 2.16. The van der Waals surface area contributed by atoms with E-state index in [-0.39, 0.29) is 6.04 Å². The molecular formula is C13H17ClN4O. The van der Waals surface area contributed by atoms with Crippen LogP contribution in [0.2, 0.25) is 5.02 Å². The Morgan fingerprint density at radius 1 is 1.47 bits per heavy atom. The normalized spacial score (nSPS) is 12.5. The predicted molar refractivity (Wildman–Crippen MR) is 74.6 cm³/mol. The van der Waals surface area contributed by atoms with E-state index in [4.69, 9.17) is 22.1 Å². The molecule has 0 radical (unpaired) electrons. The minimum Gasteiger partial charge on any atom is -0.437 e. The molecule has 2 heterocycles. The van der Waals surface area contributed by atoms with E-state index in [2.05, 4.69) is 10.1 Å². The fourth-order valence-corrected chi connectivity index (χ4v) is 2.09. The molecular weight excluding hydrogens is 264 g/mol. The number of nitrogens with two attached hydrogens (primary N) is 1. The van der Waals surface area contributed by atoms with Gasteiger partial charge in [-0.05, 0) is 20.3 Å². The lowest BCUT2D eigenvalue weighted by Crippen LogP contribution is -2.18. The Balaban J connectivity index is 2.33. The lowest BCUT2D eigenvalue weighted by atomic mass is 10.1. The van der Waals surface area contributed by atoms with Crippen molar-refractivity contribution < 1.29 is 4.74 Å². The van der Waals surface area contributed by atoms with Crippen LogP contribution in [0.15, 0.2) is 18.5 Å². The van der Waals surface area contributed by atoms with Gasteiger partial charge in [0.05, 0.1) is 16.9 Å². The summed E-state index contributed by atoms with van der Waals surface area (Å²) >= 11 is 5.90. The molecule has 5 nitrogen and oxygen atoms in total. The number of rotatable bonds is 4. The number of hydrogen-bond acceptors (Lipinski definition) is 4. The van der Waals surface area contributed by atoms with Crippen molar-refractivity contribution in [3.63, 3.8) is 0 Å². The van der Waals surface area contributed by atoms with Gasteiger partial charge in [0.15, 0.2) is 0 Å². The highest BCUT2D eigenvalue weighted by molar-refractivity contribution is 6.30. The SMILES string of the molecule is Cc1nn(C)c(Oc2cncc(Cl)c2)c1CC(C)N. The Morgan fingerprint density at radius 3 is 2.84 bits per heavy atom. The van der Waals surface area contributed by atoms with E-state index >= 15 is 0 Å². The first-order chi connectivity index (χ1) is 8.97. The Morgan fingerprint density at radius 2 is 2.21 bits per heavy atom. The van der Waals surface area contributed by atoms with Crippen molar-refractivity contribution in [2.24, 2.45) is 12.8 Å². The molecule has 6 heteroatoms. The summed E-state index contributed by atoms with van der Waals surface area (Å²) in [6, 6.07) is 1.76. The molecule has 0 aromatic carbocycles. The zero-order valence-corrected chi connectivity index (χ0v) is 12.0. The minimum absolute atomic E-state index is 0.0442. The van der Waals surface area contributed by atoms with Gasteiger partial charge in [-0.15, -0.1) is 0 Å². The molecule has 0 amide bonds. The molecule has 2 aromatic heterocycles. The van der Waals surface area contributed by atoms with Crippen LogP contribution in [-0.4, -0.2) is 20.8 Å². The van der Waals surface area contributed by atoms with Crippen LogP contribution in [0.25, 0.3) is 0 Å². The van der Waals surface area contributed by atoms with Crippen molar-refractivity contribution in [1.29, 1.82) is 0 Å². The van der Waals surface area contributed by atoms with Crippen LogP contribution in [0.4, 0.5) is 0 Å². The van der Waals surface area contributed by atoms with Gasteiger partial charge in [0.2, 0.25) is 5.88 Å². The highest BCUT2D eigenvalue weighted by Crippen LogP contribution is 2.28. The summed E-state index contributed by atoms with van der Waals surface area (Å²) in [5.41, 5.74) is 7.80. The molecule has 0 aliphatic heterocycles. The van der Waals surface area contributed by atoms with E-state index in [1.807, 2.05) is 20.9 Å². The quantitative estimate of drug-likeness (QED) is 0.934. The topological polar surface area (TPSA) is 66.0 Å². The maximum atomic E-state index is 5.90.